The lowest BCUT2D eigenvalue weighted by atomic mass is 10.0. The van der Waals surface area contributed by atoms with Gasteiger partial charge < -0.3 is 19.0 Å². The Kier molecular flexibility index (Phi) is 17.9. The van der Waals surface area contributed by atoms with E-state index in [0.29, 0.717) is 41.6 Å². The first-order valence-electron chi connectivity index (χ1n) is 18.2. The van der Waals surface area contributed by atoms with Gasteiger partial charge in [0.25, 0.3) is 0 Å². The Labute approximate surface area is 290 Å². The first-order chi connectivity index (χ1) is 23.3. The number of hydrogen-bond donors (Lipinski definition) is 1. The zero-order chi connectivity index (χ0) is 34.5. The Hall–Kier alpha value is -3.60. The van der Waals surface area contributed by atoms with Crippen molar-refractivity contribution < 1.29 is 23.8 Å². The van der Waals surface area contributed by atoms with Crippen molar-refractivity contribution in [2.75, 3.05) is 13.2 Å². The third-order valence-corrected chi connectivity index (χ3v) is 10.1. The summed E-state index contributed by atoms with van der Waals surface area (Å²) in [7, 11) is -1.89. The van der Waals surface area contributed by atoms with Gasteiger partial charge in [-0.3, -0.25) is 0 Å². The third kappa shape index (κ3) is 15.5. The molecule has 0 fully saturated rings. The Morgan fingerprint density at radius 3 is 1.73 bits per heavy atom. The van der Waals surface area contributed by atoms with Crippen LogP contribution in [0.15, 0.2) is 66.7 Å². The van der Waals surface area contributed by atoms with Crippen molar-refractivity contribution in [2.45, 2.75) is 122 Å². The van der Waals surface area contributed by atoms with E-state index >= 15 is 0 Å². The normalized spacial score (nSPS) is 11.2. The maximum absolute atomic E-state index is 13.3. The number of benzene rings is 3. The highest BCUT2D eigenvalue weighted by Gasteiger charge is 2.17. The van der Waals surface area contributed by atoms with E-state index in [1.807, 2.05) is 49.5 Å². The van der Waals surface area contributed by atoms with Gasteiger partial charge in [-0.25, -0.2) is 4.79 Å². The predicted molar refractivity (Wildman–Crippen MR) is 198 cm³/mol. The first-order valence-corrected chi connectivity index (χ1v) is 21.4. The molecular weight excluding hydrogens is 615 g/mol. The first kappa shape index (κ1) is 38.8. The van der Waals surface area contributed by atoms with Gasteiger partial charge in [0.2, 0.25) is 0 Å². The van der Waals surface area contributed by atoms with Gasteiger partial charge in [-0.2, -0.15) is 5.26 Å². The zero-order valence-electron chi connectivity index (χ0n) is 29.6. The molecule has 0 aliphatic heterocycles. The number of rotatable bonds is 24. The topological polar surface area (TPSA) is 88.8 Å². The van der Waals surface area contributed by atoms with E-state index in [1.165, 1.54) is 64.2 Å². The highest BCUT2D eigenvalue weighted by molar-refractivity contribution is 6.69. The standard InChI is InChI=1S/C41H57NO5Si/c1-4-5-6-7-13-16-29-45-38-27-28-39(40(32-38)46-30-17-14-11-9-8-10-12-15-18-31-48(2,3)44)41(43)47-37-25-23-36(24-26-37)35-21-19-34(33-42)20-22-35/h19-28,32,44H,4-18,29-31H2,1-3H3. The molecule has 3 aromatic carbocycles. The van der Waals surface area contributed by atoms with E-state index in [-0.39, 0.29) is 0 Å². The summed E-state index contributed by atoms with van der Waals surface area (Å²) < 4.78 is 18.0. The minimum atomic E-state index is -1.89. The summed E-state index contributed by atoms with van der Waals surface area (Å²) >= 11 is 0. The van der Waals surface area contributed by atoms with Crippen LogP contribution in [0.5, 0.6) is 17.2 Å². The molecule has 0 saturated carbocycles. The van der Waals surface area contributed by atoms with Crippen LogP contribution in [-0.4, -0.2) is 32.3 Å². The number of carbonyl (C=O) groups is 1. The average molecular weight is 672 g/mol. The van der Waals surface area contributed by atoms with Crippen molar-refractivity contribution in [1.82, 2.24) is 0 Å². The number of carbonyl (C=O) groups excluding carboxylic acids is 1. The van der Waals surface area contributed by atoms with Crippen LogP contribution in [0.1, 0.15) is 119 Å². The van der Waals surface area contributed by atoms with Crippen molar-refractivity contribution in [3.05, 3.63) is 77.9 Å². The van der Waals surface area contributed by atoms with Crippen molar-refractivity contribution in [2.24, 2.45) is 0 Å². The second-order valence-electron chi connectivity index (χ2n) is 13.5. The molecule has 0 spiro atoms. The van der Waals surface area contributed by atoms with Gasteiger partial charge in [-0.15, -0.1) is 0 Å². The van der Waals surface area contributed by atoms with Crippen LogP contribution in [0.4, 0.5) is 0 Å². The third-order valence-electron chi connectivity index (χ3n) is 8.54. The molecule has 0 aromatic heterocycles. The van der Waals surface area contributed by atoms with E-state index < -0.39 is 14.3 Å². The van der Waals surface area contributed by atoms with E-state index in [0.717, 1.165) is 49.3 Å². The summed E-state index contributed by atoms with van der Waals surface area (Å²) in [6, 6.07) is 23.3. The molecule has 0 saturated heterocycles. The Morgan fingerprint density at radius 1 is 0.667 bits per heavy atom. The summed E-state index contributed by atoms with van der Waals surface area (Å²) in [6.45, 7) is 7.43. The number of esters is 1. The molecule has 48 heavy (non-hydrogen) atoms. The molecule has 0 aliphatic carbocycles. The average Bonchev–Trinajstić information content (AvgIpc) is 3.08. The quantitative estimate of drug-likeness (QED) is 0.0441. The number of ether oxygens (including phenoxy) is 3. The molecule has 0 amide bonds. The predicted octanol–water partition coefficient (Wildman–Crippen LogP) is 11.3. The van der Waals surface area contributed by atoms with Crippen LogP contribution < -0.4 is 14.2 Å². The Balaban J connectivity index is 1.50. The fourth-order valence-corrected chi connectivity index (χ4v) is 6.76. The second kappa shape index (κ2) is 22.1. The molecule has 0 bridgehead atoms. The van der Waals surface area contributed by atoms with E-state index in [1.54, 1.807) is 30.3 Å². The molecule has 0 unspecified atom stereocenters. The highest BCUT2D eigenvalue weighted by atomic mass is 28.4. The monoisotopic (exact) mass is 671 g/mol. The molecule has 7 heteroatoms. The Morgan fingerprint density at radius 2 is 1.17 bits per heavy atom. The molecular formula is C41H57NO5Si. The molecule has 0 heterocycles. The lowest BCUT2D eigenvalue weighted by molar-refractivity contribution is 0.0730. The molecule has 260 valence electrons. The highest BCUT2D eigenvalue weighted by Crippen LogP contribution is 2.29. The maximum atomic E-state index is 13.3. The van der Waals surface area contributed by atoms with Crippen LogP contribution >= 0.6 is 0 Å². The fourth-order valence-electron chi connectivity index (χ4n) is 5.65. The minimum Gasteiger partial charge on any atom is -0.493 e. The van der Waals surface area contributed by atoms with E-state index in [9.17, 15) is 9.59 Å². The van der Waals surface area contributed by atoms with Gasteiger partial charge >= 0.3 is 5.97 Å². The molecule has 0 atom stereocenters. The lowest BCUT2D eigenvalue weighted by Crippen LogP contribution is -2.23. The van der Waals surface area contributed by atoms with Crippen molar-refractivity contribution >= 4 is 14.3 Å². The van der Waals surface area contributed by atoms with Crippen LogP contribution in [0.25, 0.3) is 11.1 Å². The number of hydrogen-bond acceptors (Lipinski definition) is 6. The van der Waals surface area contributed by atoms with Gasteiger partial charge in [0.1, 0.15) is 22.8 Å². The molecule has 1 N–H and O–H groups in total. The molecule has 0 aliphatic rings. The molecule has 3 aromatic rings. The van der Waals surface area contributed by atoms with Crippen LogP contribution in [0, 0.1) is 11.3 Å². The maximum Gasteiger partial charge on any atom is 0.347 e. The summed E-state index contributed by atoms with van der Waals surface area (Å²) in [4.78, 5) is 23.3. The van der Waals surface area contributed by atoms with Gasteiger partial charge in [0, 0.05) is 6.07 Å². The van der Waals surface area contributed by atoms with Crippen LogP contribution in [-0.2, 0) is 0 Å². The largest absolute Gasteiger partial charge is 0.493 e. The molecule has 6 nitrogen and oxygen atoms in total. The van der Waals surface area contributed by atoms with Gasteiger partial charge in [-0.1, -0.05) is 115 Å². The SMILES string of the molecule is CCCCCCCCOc1ccc(C(=O)Oc2ccc(-c3ccc(C#N)cc3)cc2)c(OCCCCCCCCCCC[Si](C)(C)O)c1. The second-order valence-corrected chi connectivity index (χ2v) is 17.6. The van der Waals surface area contributed by atoms with Gasteiger partial charge in [-0.05, 0) is 79.5 Å². The smallest absolute Gasteiger partial charge is 0.347 e. The summed E-state index contributed by atoms with van der Waals surface area (Å²) in [5, 5.41) is 9.06. The number of nitriles is 1. The number of unbranched alkanes of at least 4 members (excludes halogenated alkanes) is 13. The van der Waals surface area contributed by atoms with Crippen LogP contribution in [0.3, 0.4) is 0 Å². The van der Waals surface area contributed by atoms with Crippen molar-refractivity contribution in [3.63, 3.8) is 0 Å². The summed E-state index contributed by atoms with van der Waals surface area (Å²) in [5.74, 6) is 1.17. The van der Waals surface area contributed by atoms with Gasteiger partial charge in [0.05, 0.1) is 24.8 Å². The Bertz CT molecular complexity index is 1380. The van der Waals surface area contributed by atoms with Gasteiger partial charge in [0.15, 0.2) is 8.32 Å². The minimum absolute atomic E-state index is 0.380. The van der Waals surface area contributed by atoms with Crippen LogP contribution in [0.2, 0.25) is 19.1 Å². The zero-order valence-corrected chi connectivity index (χ0v) is 30.6. The molecule has 0 radical (unpaired) electrons. The summed E-state index contributed by atoms with van der Waals surface area (Å²) in [6.07, 6.45) is 17.7. The van der Waals surface area contributed by atoms with E-state index in [4.69, 9.17) is 19.5 Å². The fraction of sp³-hybridized carbons (Fsp3) is 0.512. The van der Waals surface area contributed by atoms with E-state index in [2.05, 4.69) is 13.0 Å². The lowest BCUT2D eigenvalue weighted by Gasteiger charge is -2.14. The molecule has 3 rings (SSSR count). The summed E-state index contributed by atoms with van der Waals surface area (Å²) in [5.41, 5.74) is 2.95. The van der Waals surface area contributed by atoms with Crippen molar-refractivity contribution in [3.8, 4) is 34.4 Å². The number of nitrogens with zero attached hydrogens (tertiary/aromatic N) is 1. The van der Waals surface area contributed by atoms with Crippen molar-refractivity contribution in [1.29, 1.82) is 5.26 Å².